The van der Waals surface area contributed by atoms with Gasteiger partial charge in [0.2, 0.25) is 0 Å². The number of ether oxygens (including phenoxy) is 1. The van der Waals surface area contributed by atoms with Gasteiger partial charge >= 0.3 is 5.97 Å². The van der Waals surface area contributed by atoms with Crippen molar-refractivity contribution in [2.75, 3.05) is 0 Å². The fraction of sp³-hybridized carbons (Fsp3) is 0.471. The average molecular weight is 276 g/mol. The lowest BCUT2D eigenvalue weighted by molar-refractivity contribution is -0.134. The van der Waals surface area contributed by atoms with Crippen LogP contribution in [0.15, 0.2) is 36.9 Å². The number of phenolic OH excluding ortho intramolecular Hbond substituents is 1. The molecular weight excluding hydrogens is 252 g/mol. The number of aromatic hydroxyl groups is 1. The van der Waals surface area contributed by atoms with E-state index in [-0.39, 0.29) is 11.7 Å². The van der Waals surface area contributed by atoms with Crippen LogP contribution < -0.4 is 4.74 Å². The molecule has 0 aliphatic rings. The second-order valence-corrected chi connectivity index (χ2v) is 4.92. The molecule has 0 saturated carbocycles. The van der Waals surface area contributed by atoms with Crippen molar-refractivity contribution in [3.05, 3.63) is 36.9 Å². The standard InChI is InChI=1S/C17H24O3/c1-2-3-4-5-6-7-8-9-10-17(19)20-16-13-11-15(18)12-14-16/h2,11-14,18H,1,3-10H2. The van der Waals surface area contributed by atoms with Gasteiger partial charge in [-0.25, -0.2) is 0 Å². The molecule has 0 amide bonds. The number of carbonyl (C=O) groups excluding carboxylic acids is 1. The van der Waals surface area contributed by atoms with Crippen LogP contribution in [0.5, 0.6) is 11.5 Å². The van der Waals surface area contributed by atoms with Gasteiger partial charge in [0.05, 0.1) is 0 Å². The normalized spacial score (nSPS) is 10.2. The molecule has 1 rings (SSSR count). The molecule has 1 aromatic carbocycles. The van der Waals surface area contributed by atoms with E-state index < -0.39 is 0 Å². The smallest absolute Gasteiger partial charge is 0.311 e. The first-order chi connectivity index (χ1) is 9.72. The Morgan fingerprint density at radius 2 is 1.65 bits per heavy atom. The van der Waals surface area contributed by atoms with Gasteiger partial charge in [-0.05, 0) is 43.5 Å². The molecule has 0 atom stereocenters. The molecule has 0 saturated heterocycles. The SMILES string of the molecule is C=CCCCCCCCCC(=O)Oc1ccc(O)cc1. The lowest BCUT2D eigenvalue weighted by Crippen LogP contribution is -2.07. The van der Waals surface area contributed by atoms with E-state index in [4.69, 9.17) is 9.84 Å². The van der Waals surface area contributed by atoms with Gasteiger partial charge in [0.1, 0.15) is 11.5 Å². The Bertz CT molecular complexity index is 395. The zero-order chi connectivity index (χ0) is 14.6. The van der Waals surface area contributed by atoms with Gasteiger partial charge < -0.3 is 9.84 Å². The monoisotopic (exact) mass is 276 g/mol. The van der Waals surface area contributed by atoms with E-state index in [1.54, 1.807) is 12.1 Å². The zero-order valence-electron chi connectivity index (χ0n) is 12.0. The van der Waals surface area contributed by atoms with Crippen LogP contribution in [-0.2, 0) is 4.79 Å². The molecule has 0 aromatic heterocycles. The van der Waals surface area contributed by atoms with Crippen molar-refractivity contribution in [1.82, 2.24) is 0 Å². The second-order valence-electron chi connectivity index (χ2n) is 4.92. The Kier molecular flexibility index (Phi) is 8.20. The maximum atomic E-state index is 11.6. The van der Waals surface area contributed by atoms with E-state index in [1.807, 2.05) is 6.08 Å². The minimum atomic E-state index is -0.206. The Morgan fingerprint density at radius 3 is 2.30 bits per heavy atom. The fourth-order valence-corrected chi connectivity index (χ4v) is 1.96. The third-order valence-corrected chi connectivity index (χ3v) is 3.11. The van der Waals surface area contributed by atoms with Crippen molar-refractivity contribution in [2.45, 2.75) is 51.4 Å². The summed E-state index contributed by atoms with van der Waals surface area (Å²) >= 11 is 0. The zero-order valence-corrected chi connectivity index (χ0v) is 12.0. The summed E-state index contributed by atoms with van der Waals surface area (Å²) < 4.78 is 5.17. The molecule has 0 radical (unpaired) electrons. The average Bonchev–Trinajstić information content (AvgIpc) is 2.44. The first kappa shape index (κ1) is 16.3. The number of carbonyl (C=O) groups is 1. The van der Waals surface area contributed by atoms with Crippen molar-refractivity contribution < 1.29 is 14.6 Å². The van der Waals surface area contributed by atoms with E-state index in [2.05, 4.69) is 6.58 Å². The molecule has 3 heteroatoms. The molecular formula is C17H24O3. The lowest BCUT2D eigenvalue weighted by Gasteiger charge is -2.04. The number of esters is 1. The van der Waals surface area contributed by atoms with E-state index in [9.17, 15) is 4.79 Å². The molecule has 0 unspecified atom stereocenters. The van der Waals surface area contributed by atoms with Gasteiger partial charge in [-0.3, -0.25) is 4.79 Å². The van der Waals surface area contributed by atoms with Gasteiger partial charge in [-0.2, -0.15) is 0 Å². The van der Waals surface area contributed by atoms with E-state index in [1.165, 1.54) is 37.8 Å². The molecule has 0 aliphatic heterocycles. The summed E-state index contributed by atoms with van der Waals surface area (Å²) in [5.41, 5.74) is 0. The molecule has 0 spiro atoms. The highest BCUT2D eigenvalue weighted by atomic mass is 16.5. The number of phenols is 1. The number of rotatable bonds is 10. The molecule has 3 nitrogen and oxygen atoms in total. The van der Waals surface area contributed by atoms with E-state index in [0.29, 0.717) is 12.2 Å². The van der Waals surface area contributed by atoms with Crippen LogP contribution in [0.2, 0.25) is 0 Å². The minimum absolute atomic E-state index is 0.168. The van der Waals surface area contributed by atoms with Gasteiger partial charge in [0.15, 0.2) is 0 Å². The van der Waals surface area contributed by atoms with Crippen LogP contribution in [0.25, 0.3) is 0 Å². The number of hydrogen-bond acceptors (Lipinski definition) is 3. The molecule has 110 valence electrons. The minimum Gasteiger partial charge on any atom is -0.508 e. The molecule has 0 fully saturated rings. The van der Waals surface area contributed by atoms with Crippen molar-refractivity contribution in [2.24, 2.45) is 0 Å². The number of unbranched alkanes of at least 4 members (excludes halogenated alkanes) is 6. The summed E-state index contributed by atoms with van der Waals surface area (Å²) in [7, 11) is 0. The maximum Gasteiger partial charge on any atom is 0.311 e. The number of benzene rings is 1. The third kappa shape index (κ3) is 7.62. The molecule has 1 aromatic rings. The number of allylic oxidation sites excluding steroid dienone is 1. The Hall–Kier alpha value is -1.77. The first-order valence-corrected chi connectivity index (χ1v) is 7.33. The summed E-state index contributed by atoms with van der Waals surface area (Å²) in [5.74, 6) is 0.445. The highest BCUT2D eigenvalue weighted by molar-refractivity contribution is 5.72. The van der Waals surface area contributed by atoms with Crippen LogP contribution in [0, 0.1) is 0 Å². The second kappa shape index (κ2) is 10.1. The fourth-order valence-electron chi connectivity index (χ4n) is 1.96. The highest BCUT2D eigenvalue weighted by Gasteiger charge is 2.04. The molecule has 0 aliphatic carbocycles. The van der Waals surface area contributed by atoms with Crippen molar-refractivity contribution >= 4 is 5.97 Å². The molecule has 20 heavy (non-hydrogen) atoms. The molecule has 0 bridgehead atoms. The number of hydrogen-bond donors (Lipinski definition) is 1. The van der Waals surface area contributed by atoms with Crippen molar-refractivity contribution in [3.63, 3.8) is 0 Å². The first-order valence-electron chi connectivity index (χ1n) is 7.33. The summed E-state index contributed by atoms with van der Waals surface area (Å²) in [4.78, 5) is 11.6. The van der Waals surface area contributed by atoms with Crippen molar-refractivity contribution in [1.29, 1.82) is 0 Å². The summed E-state index contributed by atoms with van der Waals surface area (Å²) in [6, 6.07) is 6.19. The topological polar surface area (TPSA) is 46.5 Å². The van der Waals surface area contributed by atoms with Crippen LogP contribution >= 0.6 is 0 Å². The Labute approximate surface area is 121 Å². The summed E-state index contributed by atoms with van der Waals surface area (Å²) in [6.07, 6.45) is 10.3. The summed E-state index contributed by atoms with van der Waals surface area (Å²) in [5, 5.41) is 9.12. The molecule has 1 N–H and O–H groups in total. The van der Waals surface area contributed by atoms with Crippen LogP contribution in [0.4, 0.5) is 0 Å². The van der Waals surface area contributed by atoms with Gasteiger partial charge in [-0.1, -0.05) is 31.8 Å². The Balaban J connectivity index is 2.03. The predicted molar refractivity (Wildman–Crippen MR) is 80.9 cm³/mol. The third-order valence-electron chi connectivity index (χ3n) is 3.11. The van der Waals surface area contributed by atoms with Crippen LogP contribution in [0.1, 0.15) is 51.4 Å². The quantitative estimate of drug-likeness (QED) is 0.294. The van der Waals surface area contributed by atoms with Crippen molar-refractivity contribution in [3.8, 4) is 11.5 Å². The lowest BCUT2D eigenvalue weighted by atomic mass is 10.1. The predicted octanol–water partition coefficient (Wildman–Crippen LogP) is 4.60. The molecule has 0 heterocycles. The largest absolute Gasteiger partial charge is 0.508 e. The van der Waals surface area contributed by atoms with Crippen LogP contribution in [0.3, 0.4) is 0 Å². The van der Waals surface area contributed by atoms with Crippen LogP contribution in [-0.4, -0.2) is 11.1 Å². The highest BCUT2D eigenvalue weighted by Crippen LogP contribution is 2.17. The Morgan fingerprint density at radius 1 is 1.05 bits per heavy atom. The summed E-state index contributed by atoms with van der Waals surface area (Å²) in [6.45, 7) is 3.70. The van der Waals surface area contributed by atoms with E-state index >= 15 is 0 Å². The van der Waals surface area contributed by atoms with Gasteiger partial charge in [-0.15, -0.1) is 6.58 Å². The van der Waals surface area contributed by atoms with E-state index in [0.717, 1.165) is 19.3 Å². The van der Waals surface area contributed by atoms with Gasteiger partial charge in [0, 0.05) is 6.42 Å². The van der Waals surface area contributed by atoms with Gasteiger partial charge in [0.25, 0.3) is 0 Å². The maximum absolute atomic E-state index is 11.6.